The molecule has 1 saturated carbocycles. The lowest BCUT2D eigenvalue weighted by Gasteiger charge is -2.33. The van der Waals surface area contributed by atoms with E-state index in [0.29, 0.717) is 12.0 Å². The van der Waals surface area contributed by atoms with E-state index in [1.807, 2.05) is 12.3 Å². The molecule has 1 atom stereocenters. The van der Waals surface area contributed by atoms with Crippen LogP contribution in [0.3, 0.4) is 0 Å². The first kappa shape index (κ1) is 13.3. The van der Waals surface area contributed by atoms with E-state index in [0.717, 1.165) is 18.2 Å². The number of aromatic nitrogens is 1. The zero-order valence-electron chi connectivity index (χ0n) is 11.5. The normalized spacial score (nSPS) is 25.9. The van der Waals surface area contributed by atoms with Gasteiger partial charge in [-0.15, -0.1) is 0 Å². The van der Waals surface area contributed by atoms with Crippen molar-refractivity contribution in [1.82, 2.24) is 10.3 Å². The third-order valence-electron chi connectivity index (χ3n) is 4.18. The van der Waals surface area contributed by atoms with E-state index in [2.05, 4.69) is 24.1 Å². The third kappa shape index (κ3) is 3.02. The highest BCUT2D eigenvalue weighted by Crippen LogP contribution is 2.37. The summed E-state index contributed by atoms with van der Waals surface area (Å²) in [5.41, 5.74) is 8.16. The van der Waals surface area contributed by atoms with Gasteiger partial charge < -0.3 is 11.1 Å². The molecule has 1 aromatic rings. The fraction of sp³-hybridized carbons (Fsp3) is 0.667. The molecule has 2 rings (SSSR count). The summed E-state index contributed by atoms with van der Waals surface area (Å²) in [4.78, 5) is 4.24. The maximum Gasteiger partial charge on any atom is 0.0393 e. The van der Waals surface area contributed by atoms with Crippen LogP contribution < -0.4 is 11.1 Å². The van der Waals surface area contributed by atoms with Crippen LogP contribution in [0.4, 0.5) is 5.69 Å². The predicted octanol–water partition coefficient (Wildman–Crippen LogP) is 3.14. The zero-order valence-corrected chi connectivity index (χ0v) is 11.5. The molecular formula is C15H25N3. The minimum absolute atomic E-state index is 0.371. The minimum atomic E-state index is 0.371. The average Bonchev–Trinajstić information content (AvgIpc) is 2.38. The van der Waals surface area contributed by atoms with Crippen molar-refractivity contribution >= 4 is 5.69 Å². The zero-order chi connectivity index (χ0) is 13.0. The van der Waals surface area contributed by atoms with Crippen LogP contribution in [0.5, 0.6) is 0 Å². The molecule has 3 N–H and O–H groups in total. The van der Waals surface area contributed by atoms with Crippen molar-refractivity contribution in [3.63, 3.8) is 0 Å². The van der Waals surface area contributed by atoms with Gasteiger partial charge in [-0.1, -0.05) is 26.7 Å². The molecule has 0 amide bonds. The van der Waals surface area contributed by atoms with Crippen molar-refractivity contribution in [2.75, 3.05) is 12.3 Å². The molecule has 1 aliphatic rings. The lowest BCUT2D eigenvalue weighted by Crippen LogP contribution is -2.31. The van der Waals surface area contributed by atoms with Gasteiger partial charge in [-0.05, 0) is 37.3 Å². The van der Waals surface area contributed by atoms with Gasteiger partial charge in [-0.2, -0.15) is 0 Å². The van der Waals surface area contributed by atoms with E-state index in [9.17, 15) is 0 Å². The third-order valence-corrected chi connectivity index (χ3v) is 4.18. The number of hydrogen-bond donors (Lipinski definition) is 2. The molecule has 1 aliphatic carbocycles. The Hall–Kier alpha value is -1.09. The average molecular weight is 247 g/mol. The van der Waals surface area contributed by atoms with Gasteiger partial charge in [0.05, 0.1) is 0 Å². The van der Waals surface area contributed by atoms with E-state index in [1.54, 1.807) is 6.20 Å². The maximum absolute atomic E-state index is 6.11. The predicted molar refractivity (Wildman–Crippen MR) is 76.2 cm³/mol. The van der Waals surface area contributed by atoms with Crippen molar-refractivity contribution < 1.29 is 0 Å². The summed E-state index contributed by atoms with van der Waals surface area (Å²) < 4.78 is 0. The Kier molecular flexibility index (Phi) is 4.59. The van der Waals surface area contributed by atoms with Crippen LogP contribution in [0.1, 0.15) is 51.1 Å². The standard InChI is InChI=1S/C15H25N3/c1-3-18-15(12-6-4-11(2)5-7-12)13-10-17-9-8-14(13)16/h8-12,15,18H,3-7H2,1-2H3,(H2,16,17). The van der Waals surface area contributed by atoms with Gasteiger partial charge in [0, 0.05) is 29.7 Å². The van der Waals surface area contributed by atoms with Crippen molar-refractivity contribution in [3.05, 3.63) is 24.0 Å². The molecule has 1 fully saturated rings. The Labute approximate surface area is 110 Å². The second-order valence-corrected chi connectivity index (χ2v) is 5.56. The van der Waals surface area contributed by atoms with Crippen LogP contribution in [0.2, 0.25) is 0 Å². The molecule has 0 saturated heterocycles. The lowest BCUT2D eigenvalue weighted by molar-refractivity contribution is 0.233. The number of nitrogens with zero attached hydrogens (tertiary/aromatic N) is 1. The van der Waals surface area contributed by atoms with E-state index < -0.39 is 0 Å². The number of pyridine rings is 1. The smallest absolute Gasteiger partial charge is 0.0393 e. The fourth-order valence-corrected chi connectivity index (χ4v) is 3.05. The summed E-state index contributed by atoms with van der Waals surface area (Å²) in [5.74, 6) is 1.59. The number of nitrogens with one attached hydrogen (secondary N) is 1. The fourth-order valence-electron chi connectivity index (χ4n) is 3.05. The summed E-state index contributed by atoms with van der Waals surface area (Å²) >= 11 is 0. The van der Waals surface area contributed by atoms with Crippen LogP contribution in [0.15, 0.2) is 18.5 Å². The molecule has 0 aliphatic heterocycles. The molecule has 1 heterocycles. The topological polar surface area (TPSA) is 50.9 Å². The number of nitrogen functional groups attached to an aromatic ring is 1. The second-order valence-electron chi connectivity index (χ2n) is 5.56. The van der Waals surface area contributed by atoms with Gasteiger partial charge >= 0.3 is 0 Å². The summed E-state index contributed by atoms with van der Waals surface area (Å²) in [5, 5.41) is 3.60. The highest BCUT2D eigenvalue weighted by molar-refractivity contribution is 5.46. The number of rotatable bonds is 4. The van der Waals surface area contributed by atoms with Gasteiger partial charge in [-0.3, -0.25) is 4.98 Å². The summed E-state index contributed by atoms with van der Waals surface area (Å²) in [7, 11) is 0. The molecule has 1 unspecified atom stereocenters. The Morgan fingerprint density at radius 1 is 1.39 bits per heavy atom. The molecule has 1 aromatic heterocycles. The molecule has 0 bridgehead atoms. The van der Waals surface area contributed by atoms with E-state index in [-0.39, 0.29) is 0 Å². The van der Waals surface area contributed by atoms with Gasteiger partial charge in [0.2, 0.25) is 0 Å². The quantitative estimate of drug-likeness (QED) is 0.859. The molecule has 100 valence electrons. The Morgan fingerprint density at radius 3 is 2.72 bits per heavy atom. The first-order chi connectivity index (χ1) is 8.72. The maximum atomic E-state index is 6.11. The van der Waals surface area contributed by atoms with Crippen LogP contribution in [0, 0.1) is 11.8 Å². The van der Waals surface area contributed by atoms with Crippen LogP contribution in [0.25, 0.3) is 0 Å². The number of anilines is 1. The van der Waals surface area contributed by atoms with Crippen LogP contribution >= 0.6 is 0 Å². The van der Waals surface area contributed by atoms with Gasteiger partial charge in [0.25, 0.3) is 0 Å². The molecule has 3 nitrogen and oxygen atoms in total. The molecular weight excluding hydrogens is 222 g/mol. The highest BCUT2D eigenvalue weighted by atomic mass is 14.9. The molecule has 18 heavy (non-hydrogen) atoms. The van der Waals surface area contributed by atoms with Gasteiger partial charge in [-0.25, -0.2) is 0 Å². The number of nitrogens with two attached hydrogens (primary N) is 1. The molecule has 0 radical (unpaired) electrons. The second kappa shape index (κ2) is 6.19. The molecule has 3 heteroatoms. The van der Waals surface area contributed by atoms with Gasteiger partial charge in [0.1, 0.15) is 0 Å². The highest BCUT2D eigenvalue weighted by Gasteiger charge is 2.27. The Morgan fingerprint density at radius 2 is 2.11 bits per heavy atom. The van der Waals surface area contributed by atoms with Crippen molar-refractivity contribution in [3.8, 4) is 0 Å². The summed E-state index contributed by atoms with van der Waals surface area (Å²) in [6.45, 7) is 5.49. The van der Waals surface area contributed by atoms with Crippen LogP contribution in [-0.2, 0) is 0 Å². The van der Waals surface area contributed by atoms with E-state index in [1.165, 1.54) is 31.2 Å². The van der Waals surface area contributed by atoms with Crippen molar-refractivity contribution in [2.45, 2.75) is 45.6 Å². The monoisotopic (exact) mass is 247 g/mol. The largest absolute Gasteiger partial charge is 0.398 e. The number of hydrogen-bond acceptors (Lipinski definition) is 3. The van der Waals surface area contributed by atoms with E-state index in [4.69, 9.17) is 5.73 Å². The molecule has 0 aromatic carbocycles. The molecule has 0 spiro atoms. The van der Waals surface area contributed by atoms with Crippen molar-refractivity contribution in [2.24, 2.45) is 11.8 Å². The minimum Gasteiger partial charge on any atom is -0.398 e. The Bertz CT molecular complexity index is 370. The SMILES string of the molecule is CCNC(c1cnccc1N)C1CCC(C)CC1. The first-order valence-corrected chi connectivity index (χ1v) is 7.15. The summed E-state index contributed by atoms with van der Waals surface area (Å²) in [6, 6.07) is 2.28. The summed E-state index contributed by atoms with van der Waals surface area (Å²) in [6.07, 6.45) is 8.98. The van der Waals surface area contributed by atoms with Crippen LogP contribution in [-0.4, -0.2) is 11.5 Å². The van der Waals surface area contributed by atoms with E-state index >= 15 is 0 Å². The first-order valence-electron chi connectivity index (χ1n) is 7.15. The lowest BCUT2D eigenvalue weighted by atomic mass is 9.77. The Balaban J connectivity index is 2.15. The van der Waals surface area contributed by atoms with Crippen molar-refractivity contribution in [1.29, 1.82) is 0 Å². The van der Waals surface area contributed by atoms with Gasteiger partial charge in [0.15, 0.2) is 0 Å².